The Morgan fingerprint density at radius 3 is 2.55 bits per heavy atom. The molecule has 0 spiro atoms. The van der Waals surface area contributed by atoms with Gasteiger partial charge in [-0.15, -0.1) is 0 Å². The smallest absolute Gasteiger partial charge is 0.276 e. The summed E-state index contributed by atoms with van der Waals surface area (Å²) in [5.41, 5.74) is 2.87. The monoisotopic (exact) mass is 295 g/mol. The number of hydrogen-bond acceptors (Lipinski definition) is 3. The Morgan fingerprint density at radius 2 is 1.95 bits per heavy atom. The largest absolute Gasteiger partial charge is 0.325 e. The second-order valence-corrected chi connectivity index (χ2v) is 7.17. The zero-order chi connectivity index (χ0) is 14.3. The molecule has 0 bridgehead atoms. The van der Waals surface area contributed by atoms with Gasteiger partial charge in [-0.2, -0.15) is 8.42 Å². The van der Waals surface area contributed by atoms with Gasteiger partial charge in [0, 0.05) is 5.69 Å². The van der Waals surface area contributed by atoms with E-state index < -0.39 is 21.3 Å². The van der Waals surface area contributed by atoms with Gasteiger partial charge in [0.2, 0.25) is 5.91 Å². The lowest BCUT2D eigenvalue weighted by molar-refractivity contribution is -0.115. The number of hydrogen-bond donors (Lipinski definition) is 2. The number of rotatable bonds is 2. The van der Waals surface area contributed by atoms with E-state index in [-0.39, 0.29) is 6.42 Å². The van der Waals surface area contributed by atoms with Gasteiger partial charge in [-0.25, -0.2) is 0 Å². The highest BCUT2D eigenvalue weighted by Crippen LogP contribution is 2.38. The van der Waals surface area contributed by atoms with E-state index in [0.29, 0.717) is 18.0 Å². The normalized spacial score (nSPS) is 23.4. The number of aryl methyl sites for hydroxylation is 1. The van der Waals surface area contributed by atoms with Crippen LogP contribution in [0.1, 0.15) is 42.7 Å². The van der Waals surface area contributed by atoms with Crippen molar-refractivity contribution in [2.75, 3.05) is 5.32 Å². The first-order valence-electron chi connectivity index (χ1n) is 6.85. The van der Waals surface area contributed by atoms with Gasteiger partial charge < -0.3 is 5.32 Å². The fourth-order valence-corrected chi connectivity index (χ4v) is 3.60. The Balaban J connectivity index is 1.89. The number of amides is 1. The Kier molecular flexibility index (Phi) is 3.30. The molecule has 1 aliphatic heterocycles. The van der Waals surface area contributed by atoms with Crippen LogP contribution >= 0.6 is 0 Å². The maximum Gasteiger partial charge on any atom is 0.276 e. The standard InChI is InChI=1S/C14H17NO4S/c16-14-13(20(17,18)19)7-5-11-8-10(9-2-1-3-9)4-6-12(11)15-14/h4,6,8-9,13H,1-3,5,7H2,(H,15,16)(H,17,18,19). The summed E-state index contributed by atoms with van der Waals surface area (Å²) in [6, 6.07) is 5.90. The van der Waals surface area contributed by atoms with Crippen LogP contribution in [-0.2, 0) is 21.3 Å². The summed E-state index contributed by atoms with van der Waals surface area (Å²) >= 11 is 0. The van der Waals surface area contributed by atoms with Crippen LogP contribution in [0.15, 0.2) is 18.2 Å². The predicted octanol–water partition coefficient (Wildman–Crippen LogP) is 2.10. The molecule has 1 atom stereocenters. The number of anilines is 1. The van der Waals surface area contributed by atoms with Crippen LogP contribution in [0.4, 0.5) is 5.69 Å². The van der Waals surface area contributed by atoms with E-state index in [1.807, 2.05) is 12.1 Å². The Morgan fingerprint density at radius 1 is 1.20 bits per heavy atom. The molecule has 0 aromatic heterocycles. The lowest BCUT2D eigenvalue weighted by atomic mass is 9.79. The molecule has 1 fully saturated rings. The molecule has 0 saturated heterocycles. The van der Waals surface area contributed by atoms with Gasteiger partial charge in [-0.05, 0) is 48.8 Å². The first-order chi connectivity index (χ1) is 9.45. The second-order valence-electron chi connectivity index (χ2n) is 5.58. The van der Waals surface area contributed by atoms with Gasteiger partial charge in [0.05, 0.1) is 0 Å². The minimum atomic E-state index is -4.35. The molecule has 1 aromatic rings. The summed E-state index contributed by atoms with van der Waals surface area (Å²) in [5, 5.41) is 1.23. The summed E-state index contributed by atoms with van der Waals surface area (Å²) in [7, 11) is -4.35. The van der Waals surface area contributed by atoms with E-state index in [2.05, 4.69) is 11.4 Å². The molecule has 108 valence electrons. The molecule has 6 heteroatoms. The van der Waals surface area contributed by atoms with E-state index in [1.165, 1.54) is 24.8 Å². The van der Waals surface area contributed by atoms with Gasteiger partial charge >= 0.3 is 0 Å². The van der Waals surface area contributed by atoms with E-state index in [0.717, 1.165) is 5.56 Å². The highest BCUT2D eigenvalue weighted by molar-refractivity contribution is 7.87. The Labute approximate surface area is 118 Å². The van der Waals surface area contributed by atoms with Crippen molar-refractivity contribution in [1.82, 2.24) is 0 Å². The molecule has 2 N–H and O–H groups in total. The van der Waals surface area contributed by atoms with Crippen LogP contribution in [-0.4, -0.2) is 24.1 Å². The van der Waals surface area contributed by atoms with Gasteiger partial charge in [0.1, 0.15) is 0 Å². The molecule has 1 aromatic carbocycles. The molecular formula is C14H17NO4S. The first kappa shape index (κ1) is 13.6. The summed E-state index contributed by atoms with van der Waals surface area (Å²) in [4.78, 5) is 11.9. The number of nitrogens with one attached hydrogen (secondary N) is 1. The number of carbonyl (C=O) groups excluding carboxylic acids is 1. The van der Waals surface area contributed by atoms with Crippen LogP contribution in [0, 0.1) is 0 Å². The average molecular weight is 295 g/mol. The fraction of sp³-hybridized carbons (Fsp3) is 0.500. The summed E-state index contributed by atoms with van der Waals surface area (Å²) < 4.78 is 31.6. The van der Waals surface area contributed by atoms with E-state index in [1.54, 1.807) is 0 Å². The molecule has 0 radical (unpaired) electrons. The third kappa shape index (κ3) is 2.45. The maximum absolute atomic E-state index is 11.9. The van der Waals surface area contributed by atoms with Crippen molar-refractivity contribution in [3.63, 3.8) is 0 Å². The number of carbonyl (C=O) groups is 1. The highest BCUT2D eigenvalue weighted by atomic mass is 32.2. The third-order valence-corrected chi connectivity index (χ3v) is 5.46. The SMILES string of the molecule is O=C1Nc2ccc(C3CCC3)cc2CCC1S(=O)(=O)O. The van der Waals surface area contributed by atoms with Crippen LogP contribution in [0.2, 0.25) is 0 Å². The molecular weight excluding hydrogens is 278 g/mol. The van der Waals surface area contributed by atoms with Crippen LogP contribution < -0.4 is 5.32 Å². The van der Waals surface area contributed by atoms with Crippen LogP contribution in [0.3, 0.4) is 0 Å². The predicted molar refractivity (Wildman–Crippen MR) is 75.3 cm³/mol. The summed E-state index contributed by atoms with van der Waals surface area (Å²) in [5.74, 6) is -0.0562. The topological polar surface area (TPSA) is 83.5 Å². The maximum atomic E-state index is 11.9. The molecule has 5 nitrogen and oxygen atoms in total. The zero-order valence-corrected chi connectivity index (χ0v) is 11.8. The van der Waals surface area contributed by atoms with Crippen molar-refractivity contribution < 1.29 is 17.8 Å². The lowest BCUT2D eigenvalue weighted by Crippen LogP contribution is -2.33. The fourth-order valence-electron chi connectivity index (χ4n) is 2.85. The van der Waals surface area contributed by atoms with E-state index >= 15 is 0 Å². The lowest BCUT2D eigenvalue weighted by Gasteiger charge is -2.26. The van der Waals surface area contributed by atoms with Gasteiger partial charge in [0.15, 0.2) is 5.25 Å². The van der Waals surface area contributed by atoms with Crippen molar-refractivity contribution in [1.29, 1.82) is 0 Å². The van der Waals surface area contributed by atoms with Crippen LogP contribution in [0.5, 0.6) is 0 Å². The quantitative estimate of drug-likeness (QED) is 0.818. The molecule has 20 heavy (non-hydrogen) atoms. The van der Waals surface area contributed by atoms with E-state index in [4.69, 9.17) is 4.55 Å². The first-order valence-corrected chi connectivity index (χ1v) is 8.35. The molecule has 1 amide bonds. The van der Waals surface area contributed by atoms with Gasteiger partial charge in [-0.3, -0.25) is 9.35 Å². The van der Waals surface area contributed by atoms with E-state index in [9.17, 15) is 13.2 Å². The van der Waals surface area contributed by atoms with Crippen LogP contribution in [0.25, 0.3) is 0 Å². The number of benzene rings is 1. The molecule has 1 saturated carbocycles. The highest BCUT2D eigenvalue weighted by Gasteiger charge is 2.33. The van der Waals surface area contributed by atoms with Crippen molar-refractivity contribution in [3.05, 3.63) is 29.3 Å². The number of fused-ring (bicyclic) bond motifs is 1. The van der Waals surface area contributed by atoms with Crippen molar-refractivity contribution >= 4 is 21.7 Å². The second kappa shape index (κ2) is 4.86. The van der Waals surface area contributed by atoms with Crippen molar-refractivity contribution in [2.24, 2.45) is 0 Å². The van der Waals surface area contributed by atoms with Crippen molar-refractivity contribution in [3.8, 4) is 0 Å². The molecule has 1 unspecified atom stereocenters. The molecule has 1 aliphatic carbocycles. The summed E-state index contributed by atoms with van der Waals surface area (Å²) in [6.07, 6.45) is 4.23. The Bertz CT molecular complexity index is 649. The minimum absolute atomic E-state index is 0.117. The zero-order valence-electron chi connectivity index (χ0n) is 11.0. The van der Waals surface area contributed by atoms with Crippen molar-refractivity contribution in [2.45, 2.75) is 43.3 Å². The molecule has 2 aliphatic rings. The summed E-state index contributed by atoms with van der Waals surface area (Å²) in [6.45, 7) is 0. The van der Waals surface area contributed by atoms with Gasteiger partial charge in [0.25, 0.3) is 10.1 Å². The minimum Gasteiger partial charge on any atom is -0.325 e. The average Bonchev–Trinajstić information content (AvgIpc) is 2.44. The molecule has 1 heterocycles. The molecule has 3 rings (SSSR count). The van der Waals surface area contributed by atoms with Gasteiger partial charge in [-0.1, -0.05) is 18.6 Å². The third-order valence-electron chi connectivity index (χ3n) is 4.29. The Hall–Kier alpha value is -1.40.